The first-order chi connectivity index (χ1) is 8.19. The summed E-state index contributed by atoms with van der Waals surface area (Å²) in [5.74, 6) is 2.12. The summed E-state index contributed by atoms with van der Waals surface area (Å²) in [5, 5.41) is 3.11. The number of nitrogens with one attached hydrogen (secondary N) is 1. The summed E-state index contributed by atoms with van der Waals surface area (Å²) in [6, 6.07) is 1.68. The van der Waals surface area contributed by atoms with Gasteiger partial charge in [0.05, 0.1) is 13.7 Å². The summed E-state index contributed by atoms with van der Waals surface area (Å²) in [6.45, 7) is 0.559. The number of ether oxygens (including phenoxy) is 1. The Kier molecular flexibility index (Phi) is 3.08. The van der Waals surface area contributed by atoms with Gasteiger partial charge in [-0.15, -0.1) is 0 Å². The maximum absolute atomic E-state index is 5.55. The maximum Gasteiger partial charge on any atom is 0.225 e. The molecule has 2 aromatic rings. The molecule has 90 valence electrons. The van der Waals surface area contributed by atoms with Crippen molar-refractivity contribution < 1.29 is 4.74 Å². The molecule has 0 spiro atoms. The number of hydrogen-bond donors (Lipinski definition) is 2. The summed E-state index contributed by atoms with van der Waals surface area (Å²) in [7, 11) is 3.46. The Hall–Kier alpha value is -2.31. The lowest BCUT2D eigenvalue weighted by Gasteiger charge is -2.07. The Morgan fingerprint density at radius 1 is 1.47 bits per heavy atom. The molecule has 0 saturated heterocycles. The fraction of sp³-hybridized carbons (Fsp3) is 0.300. The first-order valence-corrected chi connectivity index (χ1v) is 5.07. The smallest absolute Gasteiger partial charge is 0.225 e. The number of rotatable bonds is 4. The highest BCUT2D eigenvalue weighted by Gasteiger charge is 2.03. The van der Waals surface area contributed by atoms with Crippen molar-refractivity contribution in [1.82, 2.24) is 19.5 Å². The van der Waals surface area contributed by atoms with Crippen LogP contribution in [0.3, 0.4) is 0 Å². The number of anilines is 2. The summed E-state index contributed by atoms with van der Waals surface area (Å²) in [4.78, 5) is 12.1. The molecule has 2 aromatic heterocycles. The largest absolute Gasteiger partial charge is 0.481 e. The Morgan fingerprint density at radius 3 is 2.94 bits per heavy atom. The van der Waals surface area contributed by atoms with Gasteiger partial charge in [0.25, 0.3) is 0 Å². The number of aryl methyl sites for hydroxylation is 1. The Balaban J connectivity index is 2.09. The molecule has 17 heavy (non-hydrogen) atoms. The van der Waals surface area contributed by atoms with E-state index in [9.17, 15) is 0 Å². The average molecular weight is 234 g/mol. The highest BCUT2D eigenvalue weighted by atomic mass is 16.5. The monoisotopic (exact) mass is 234 g/mol. The number of aromatic nitrogens is 4. The maximum atomic E-state index is 5.55. The standard InChI is InChI=1S/C10H14N6O/c1-16-4-3-12-8(16)6-13-7-5-9(17-2)15-10(11)14-7/h3-5H,6H2,1-2H3,(H3,11,13,14,15). The van der Waals surface area contributed by atoms with E-state index in [1.807, 2.05) is 17.8 Å². The molecule has 0 bridgehead atoms. The molecular formula is C10H14N6O. The molecule has 0 amide bonds. The van der Waals surface area contributed by atoms with E-state index in [4.69, 9.17) is 10.5 Å². The van der Waals surface area contributed by atoms with E-state index in [0.717, 1.165) is 5.82 Å². The van der Waals surface area contributed by atoms with Gasteiger partial charge in [0.15, 0.2) is 0 Å². The Morgan fingerprint density at radius 2 is 2.29 bits per heavy atom. The third-order valence-corrected chi connectivity index (χ3v) is 2.28. The normalized spacial score (nSPS) is 10.2. The zero-order valence-corrected chi connectivity index (χ0v) is 9.71. The van der Waals surface area contributed by atoms with Crippen LogP contribution in [0.5, 0.6) is 5.88 Å². The summed E-state index contributed by atoms with van der Waals surface area (Å²) < 4.78 is 6.93. The molecule has 0 aromatic carbocycles. The average Bonchev–Trinajstić information content (AvgIpc) is 2.71. The minimum Gasteiger partial charge on any atom is -0.481 e. The van der Waals surface area contributed by atoms with E-state index in [2.05, 4.69) is 20.3 Å². The topological polar surface area (TPSA) is 90.9 Å². The fourth-order valence-corrected chi connectivity index (χ4v) is 1.37. The molecule has 0 aliphatic carbocycles. The van der Waals surface area contributed by atoms with Crippen LogP contribution in [-0.4, -0.2) is 26.6 Å². The Labute approximate surface area is 98.7 Å². The van der Waals surface area contributed by atoms with Crippen molar-refractivity contribution in [3.63, 3.8) is 0 Å². The second kappa shape index (κ2) is 4.69. The predicted molar refractivity (Wildman–Crippen MR) is 63.5 cm³/mol. The van der Waals surface area contributed by atoms with Gasteiger partial charge in [-0.05, 0) is 0 Å². The molecule has 2 heterocycles. The van der Waals surface area contributed by atoms with Crippen LogP contribution >= 0.6 is 0 Å². The number of nitrogen functional groups attached to an aromatic ring is 1. The van der Waals surface area contributed by atoms with Gasteiger partial charge in [-0.25, -0.2) is 4.98 Å². The molecular weight excluding hydrogens is 220 g/mol. The van der Waals surface area contributed by atoms with Gasteiger partial charge in [0.2, 0.25) is 11.8 Å². The van der Waals surface area contributed by atoms with E-state index in [1.165, 1.54) is 7.11 Å². The second-order valence-electron chi connectivity index (χ2n) is 3.46. The van der Waals surface area contributed by atoms with Gasteiger partial charge >= 0.3 is 0 Å². The predicted octanol–water partition coefficient (Wildman–Crippen LogP) is 0.413. The number of imidazole rings is 1. The van der Waals surface area contributed by atoms with Gasteiger partial charge in [-0.2, -0.15) is 9.97 Å². The Bertz CT molecular complexity index is 509. The fourth-order valence-electron chi connectivity index (χ4n) is 1.37. The van der Waals surface area contributed by atoms with Crippen LogP contribution in [0.25, 0.3) is 0 Å². The molecule has 3 N–H and O–H groups in total. The molecule has 0 saturated carbocycles. The highest BCUT2D eigenvalue weighted by Crippen LogP contribution is 2.14. The number of hydrogen-bond acceptors (Lipinski definition) is 6. The minimum atomic E-state index is 0.173. The second-order valence-corrected chi connectivity index (χ2v) is 3.46. The van der Waals surface area contributed by atoms with Crippen LogP contribution in [-0.2, 0) is 13.6 Å². The SMILES string of the molecule is COc1cc(NCc2nccn2C)nc(N)n1. The number of nitrogens with zero attached hydrogens (tertiary/aromatic N) is 4. The van der Waals surface area contributed by atoms with E-state index in [0.29, 0.717) is 18.2 Å². The van der Waals surface area contributed by atoms with Gasteiger partial charge in [0.1, 0.15) is 11.6 Å². The quantitative estimate of drug-likeness (QED) is 0.796. The lowest BCUT2D eigenvalue weighted by Crippen LogP contribution is -2.08. The molecule has 0 aliphatic rings. The van der Waals surface area contributed by atoms with Crippen LogP contribution in [0.1, 0.15) is 5.82 Å². The van der Waals surface area contributed by atoms with Crippen LogP contribution in [0, 0.1) is 0 Å². The van der Waals surface area contributed by atoms with Gasteiger partial charge < -0.3 is 20.4 Å². The van der Waals surface area contributed by atoms with Crippen molar-refractivity contribution in [2.75, 3.05) is 18.2 Å². The zero-order chi connectivity index (χ0) is 12.3. The van der Waals surface area contributed by atoms with E-state index < -0.39 is 0 Å². The van der Waals surface area contributed by atoms with Gasteiger partial charge in [0, 0.05) is 25.5 Å². The minimum absolute atomic E-state index is 0.173. The number of methoxy groups -OCH3 is 1. The first kappa shape index (κ1) is 11.2. The van der Waals surface area contributed by atoms with Gasteiger partial charge in [-0.1, -0.05) is 0 Å². The van der Waals surface area contributed by atoms with Crippen LogP contribution in [0.2, 0.25) is 0 Å². The molecule has 0 atom stereocenters. The van der Waals surface area contributed by atoms with Crippen LogP contribution < -0.4 is 15.8 Å². The van der Waals surface area contributed by atoms with E-state index >= 15 is 0 Å². The van der Waals surface area contributed by atoms with Gasteiger partial charge in [-0.3, -0.25) is 0 Å². The molecule has 7 nitrogen and oxygen atoms in total. The van der Waals surface area contributed by atoms with E-state index in [-0.39, 0.29) is 5.95 Å². The summed E-state index contributed by atoms with van der Waals surface area (Å²) in [5.41, 5.74) is 5.55. The molecule has 0 fully saturated rings. The molecule has 2 rings (SSSR count). The summed E-state index contributed by atoms with van der Waals surface area (Å²) >= 11 is 0. The van der Waals surface area contributed by atoms with Crippen molar-refractivity contribution in [2.24, 2.45) is 7.05 Å². The van der Waals surface area contributed by atoms with Crippen molar-refractivity contribution >= 4 is 11.8 Å². The zero-order valence-electron chi connectivity index (χ0n) is 9.71. The van der Waals surface area contributed by atoms with Crippen molar-refractivity contribution in [3.05, 3.63) is 24.3 Å². The lowest BCUT2D eigenvalue weighted by molar-refractivity contribution is 0.398. The molecule has 7 heteroatoms. The first-order valence-electron chi connectivity index (χ1n) is 5.07. The van der Waals surface area contributed by atoms with Crippen LogP contribution in [0.4, 0.5) is 11.8 Å². The lowest BCUT2D eigenvalue weighted by atomic mass is 10.5. The third kappa shape index (κ3) is 2.63. The molecule has 0 radical (unpaired) electrons. The van der Waals surface area contributed by atoms with Crippen molar-refractivity contribution in [2.45, 2.75) is 6.54 Å². The molecule has 0 unspecified atom stereocenters. The van der Waals surface area contributed by atoms with Crippen molar-refractivity contribution in [1.29, 1.82) is 0 Å². The van der Waals surface area contributed by atoms with Crippen LogP contribution in [0.15, 0.2) is 18.5 Å². The summed E-state index contributed by atoms with van der Waals surface area (Å²) in [6.07, 6.45) is 3.62. The third-order valence-electron chi connectivity index (χ3n) is 2.28. The number of nitrogens with two attached hydrogens (primary N) is 1. The molecule has 0 aliphatic heterocycles. The highest BCUT2D eigenvalue weighted by molar-refractivity contribution is 5.42. The van der Waals surface area contributed by atoms with E-state index in [1.54, 1.807) is 12.3 Å². The van der Waals surface area contributed by atoms with Crippen molar-refractivity contribution in [3.8, 4) is 5.88 Å².